The number of methoxy groups -OCH3 is 1. The summed E-state index contributed by atoms with van der Waals surface area (Å²) in [5, 5.41) is 3.34. The Kier molecular flexibility index (Phi) is 5.08. The Labute approximate surface area is 126 Å². The quantitative estimate of drug-likeness (QED) is 0.759. The molecule has 1 saturated carbocycles. The first-order valence-corrected chi connectivity index (χ1v) is 8.67. The molecule has 1 aromatic rings. The van der Waals surface area contributed by atoms with E-state index in [1.165, 1.54) is 0 Å². The van der Waals surface area contributed by atoms with Gasteiger partial charge < -0.3 is 14.5 Å². The van der Waals surface area contributed by atoms with Crippen molar-refractivity contribution in [1.82, 2.24) is 10.0 Å². The number of nitrogens with one attached hydrogen (secondary N) is 2. The molecule has 2 N–H and O–H groups in total. The van der Waals surface area contributed by atoms with E-state index in [2.05, 4.69) is 10.0 Å². The van der Waals surface area contributed by atoms with Crippen molar-refractivity contribution >= 4 is 10.0 Å². The van der Waals surface area contributed by atoms with Gasteiger partial charge >= 0.3 is 0 Å². The van der Waals surface area contributed by atoms with Crippen molar-refractivity contribution in [3.63, 3.8) is 0 Å². The molecule has 1 heterocycles. The number of hydrogen-bond acceptors (Lipinski definition) is 5. The van der Waals surface area contributed by atoms with Crippen LogP contribution in [0.25, 0.3) is 0 Å². The van der Waals surface area contributed by atoms with E-state index in [4.69, 9.17) is 9.15 Å². The highest BCUT2D eigenvalue weighted by atomic mass is 32.2. The predicted molar refractivity (Wildman–Crippen MR) is 79.7 cm³/mol. The maximum atomic E-state index is 12.6. The molecule has 0 bridgehead atoms. The fraction of sp³-hybridized carbons (Fsp3) is 0.714. The van der Waals surface area contributed by atoms with Gasteiger partial charge in [-0.2, -0.15) is 0 Å². The Bertz CT molecular complexity index is 590. The maximum Gasteiger partial charge on any atom is 0.244 e. The van der Waals surface area contributed by atoms with Crippen molar-refractivity contribution in [3.05, 3.63) is 17.1 Å². The van der Waals surface area contributed by atoms with Crippen LogP contribution in [-0.2, 0) is 21.3 Å². The van der Waals surface area contributed by atoms with E-state index in [0.29, 0.717) is 30.7 Å². The molecule has 1 unspecified atom stereocenters. The molecule has 6 nitrogen and oxygen atoms in total. The van der Waals surface area contributed by atoms with Gasteiger partial charge in [-0.25, -0.2) is 13.1 Å². The van der Waals surface area contributed by atoms with Crippen molar-refractivity contribution in [1.29, 1.82) is 0 Å². The van der Waals surface area contributed by atoms with Crippen LogP contribution >= 0.6 is 0 Å². The van der Waals surface area contributed by atoms with E-state index >= 15 is 0 Å². The molecule has 1 aliphatic carbocycles. The van der Waals surface area contributed by atoms with Crippen molar-refractivity contribution in [2.24, 2.45) is 0 Å². The highest BCUT2D eigenvalue weighted by Gasteiger charge is 2.29. The number of sulfonamides is 1. The Morgan fingerprint density at radius 3 is 2.57 bits per heavy atom. The molecular weight excluding hydrogens is 292 g/mol. The maximum absolute atomic E-state index is 12.6. The largest absolute Gasteiger partial charge is 0.465 e. The number of furan rings is 1. The lowest BCUT2D eigenvalue weighted by atomic mass is 10.2. The minimum atomic E-state index is -3.61. The average Bonchev–Trinajstić information content (AvgIpc) is 3.12. The fourth-order valence-corrected chi connectivity index (χ4v) is 4.08. The molecule has 0 spiro atoms. The second-order valence-electron chi connectivity index (χ2n) is 5.65. The minimum Gasteiger partial charge on any atom is -0.465 e. The first-order valence-electron chi connectivity index (χ1n) is 7.18. The summed E-state index contributed by atoms with van der Waals surface area (Å²) in [5.74, 6) is 1.08. The van der Waals surface area contributed by atoms with Crippen LogP contribution in [0.3, 0.4) is 0 Å². The van der Waals surface area contributed by atoms with Gasteiger partial charge in [-0.05, 0) is 33.6 Å². The van der Waals surface area contributed by atoms with Crippen molar-refractivity contribution in [2.75, 3.05) is 13.7 Å². The molecule has 0 saturated heterocycles. The first-order chi connectivity index (χ1) is 9.85. The molecule has 0 aliphatic heterocycles. The predicted octanol–water partition coefficient (Wildman–Crippen LogP) is 1.46. The zero-order chi connectivity index (χ0) is 15.6. The SMILES string of the molecule is COCC(C)NS(=O)(=O)c1c(C)oc(C)c1CNC1CC1. The van der Waals surface area contributed by atoms with Crippen LogP contribution in [0.5, 0.6) is 0 Å². The van der Waals surface area contributed by atoms with Gasteiger partial charge in [0.1, 0.15) is 16.4 Å². The topological polar surface area (TPSA) is 80.6 Å². The lowest BCUT2D eigenvalue weighted by molar-refractivity contribution is 0.180. The standard InChI is InChI=1S/C14H24N2O4S/c1-9(8-19-4)16-21(17,18)14-11(3)20-10(2)13(14)7-15-12-5-6-12/h9,12,15-16H,5-8H2,1-4H3. The van der Waals surface area contributed by atoms with Crippen molar-refractivity contribution in [3.8, 4) is 0 Å². The zero-order valence-corrected chi connectivity index (χ0v) is 13.8. The zero-order valence-electron chi connectivity index (χ0n) is 13.0. The van der Waals surface area contributed by atoms with Crippen LogP contribution in [0, 0.1) is 13.8 Å². The van der Waals surface area contributed by atoms with Gasteiger partial charge in [0.25, 0.3) is 0 Å². The van der Waals surface area contributed by atoms with Crippen LogP contribution in [0.1, 0.15) is 36.8 Å². The minimum absolute atomic E-state index is 0.260. The Balaban J connectivity index is 2.23. The van der Waals surface area contributed by atoms with Crippen LogP contribution in [0.4, 0.5) is 0 Å². The molecule has 120 valence electrons. The van der Waals surface area contributed by atoms with Gasteiger partial charge in [0, 0.05) is 31.3 Å². The van der Waals surface area contributed by atoms with E-state index in [9.17, 15) is 8.42 Å². The van der Waals surface area contributed by atoms with E-state index in [-0.39, 0.29) is 10.9 Å². The third-order valence-corrected chi connectivity index (χ3v) is 5.30. The summed E-state index contributed by atoms with van der Waals surface area (Å²) >= 11 is 0. The van der Waals surface area contributed by atoms with E-state index in [1.54, 1.807) is 27.9 Å². The second kappa shape index (κ2) is 6.48. The summed E-state index contributed by atoms with van der Waals surface area (Å²) in [6.07, 6.45) is 2.31. The second-order valence-corrected chi connectivity index (χ2v) is 7.31. The molecule has 1 atom stereocenters. The van der Waals surface area contributed by atoms with Gasteiger partial charge in [0.2, 0.25) is 10.0 Å². The van der Waals surface area contributed by atoms with Gasteiger partial charge in [0.15, 0.2) is 0 Å². The summed E-state index contributed by atoms with van der Waals surface area (Å²) < 4.78 is 38.3. The molecule has 2 rings (SSSR count). The number of hydrogen-bond donors (Lipinski definition) is 2. The lowest BCUT2D eigenvalue weighted by Gasteiger charge is -2.14. The first kappa shape index (κ1) is 16.5. The summed E-state index contributed by atoms with van der Waals surface area (Å²) in [5.41, 5.74) is 0.719. The number of ether oxygens (including phenoxy) is 1. The molecule has 21 heavy (non-hydrogen) atoms. The third kappa shape index (κ3) is 4.06. The van der Waals surface area contributed by atoms with Crippen molar-refractivity contribution in [2.45, 2.75) is 57.1 Å². The third-order valence-electron chi connectivity index (χ3n) is 3.51. The van der Waals surface area contributed by atoms with Crippen LogP contribution in [-0.4, -0.2) is 34.2 Å². The summed E-state index contributed by atoms with van der Waals surface area (Å²) in [6.45, 7) is 6.09. The Morgan fingerprint density at radius 1 is 1.33 bits per heavy atom. The fourth-order valence-electron chi connectivity index (χ4n) is 2.41. The van der Waals surface area contributed by atoms with Crippen LogP contribution in [0.2, 0.25) is 0 Å². The normalized spacial score (nSPS) is 17.1. The Hall–Kier alpha value is -0.890. The van der Waals surface area contributed by atoms with Crippen LogP contribution in [0.15, 0.2) is 9.31 Å². The molecule has 0 aromatic carbocycles. The van der Waals surface area contributed by atoms with E-state index < -0.39 is 10.0 Å². The molecule has 1 fully saturated rings. The highest BCUT2D eigenvalue weighted by Crippen LogP contribution is 2.28. The van der Waals surface area contributed by atoms with E-state index in [1.807, 2.05) is 0 Å². The molecule has 0 amide bonds. The summed E-state index contributed by atoms with van der Waals surface area (Å²) in [4.78, 5) is 0.260. The van der Waals surface area contributed by atoms with E-state index in [0.717, 1.165) is 18.4 Å². The van der Waals surface area contributed by atoms with Gasteiger partial charge in [-0.15, -0.1) is 0 Å². The van der Waals surface area contributed by atoms with Gasteiger partial charge in [0.05, 0.1) is 6.61 Å². The number of aryl methyl sites for hydroxylation is 2. The smallest absolute Gasteiger partial charge is 0.244 e. The summed E-state index contributed by atoms with van der Waals surface area (Å²) in [6, 6.07) is 0.217. The Morgan fingerprint density at radius 2 is 2.00 bits per heavy atom. The van der Waals surface area contributed by atoms with Gasteiger partial charge in [-0.1, -0.05) is 0 Å². The molecule has 1 aliphatic rings. The molecular formula is C14H24N2O4S. The average molecular weight is 316 g/mol. The highest BCUT2D eigenvalue weighted by molar-refractivity contribution is 7.89. The number of rotatable bonds is 8. The summed E-state index contributed by atoms with van der Waals surface area (Å²) in [7, 11) is -2.07. The molecule has 0 radical (unpaired) electrons. The molecule has 1 aromatic heterocycles. The van der Waals surface area contributed by atoms with Gasteiger partial charge in [-0.3, -0.25) is 0 Å². The molecule has 7 heteroatoms. The monoisotopic (exact) mass is 316 g/mol. The lowest BCUT2D eigenvalue weighted by Crippen LogP contribution is -2.36. The van der Waals surface area contributed by atoms with Crippen LogP contribution < -0.4 is 10.0 Å². The van der Waals surface area contributed by atoms with Crippen molar-refractivity contribution < 1.29 is 17.6 Å².